The summed E-state index contributed by atoms with van der Waals surface area (Å²) in [5.74, 6) is -0.275. The Kier molecular flexibility index (Phi) is 4.65. The Morgan fingerprint density at radius 3 is 1.33 bits per heavy atom. The van der Waals surface area contributed by atoms with Gasteiger partial charge in [0.05, 0.1) is 12.4 Å². The lowest BCUT2D eigenvalue weighted by Crippen LogP contribution is -2.22. The van der Waals surface area contributed by atoms with Crippen LogP contribution in [0.4, 0.5) is 0 Å². The van der Waals surface area contributed by atoms with Gasteiger partial charge in [0.2, 0.25) is 11.9 Å². The minimum Gasteiger partial charge on any atom is -0.369 e. The van der Waals surface area contributed by atoms with Gasteiger partial charge in [-0.1, -0.05) is 0 Å². The molecule has 0 saturated carbocycles. The molecule has 0 heterocycles. The summed E-state index contributed by atoms with van der Waals surface area (Å²) in [7, 11) is 0. The minimum absolute atomic E-state index is 0.138. The predicted molar refractivity (Wildman–Crippen MR) is 48.6 cm³/mol. The van der Waals surface area contributed by atoms with Crippen LogP contribution in [0.2, 0.25) is 0 Å². The Bertz CT molecular complexity index is 201. The van der Waals surface area contributed by atoms with Gasteiger partial charge >= 0.3 is 0 Å². The molecule has 0 aliphatic carbocycles. The van der Waals surface area contributed by atoms with E-state index < -0.39 is 0 Å². The summed E-state index contributed by atoms with van der Waals surface area (Å²) in [5, 5.41) is 13.3. The summed E-state index contributed by atoms with van der Waals surface area (Å²) in [6.45, 7) is 0. The highest BCUT2D eigenvalue weighted by atomic mass is 15.3. The molecule has 0 aliphatic rings. The molecule has 0 amide bonds. The first-order valence-corrected chi connectivity index (χ1v) is 2.85. The average molecular weight is 170 g/mol. The maximum absolute atomic E-state index is 4.96. The molecule has 0 unspecified atom stereocenters. The smallest absolute Gasteiger partial charge is 0.211 e. The molecule has 8 heteroatoms. The van der Waals surface area contributed by atoms with Crippen molar-refractivity contribution in [3.8, 4) is 0 Å². The summed E-state index contributed by atoms with van der Waals surface area (Å²) >= 11 is 0. The molecule has 0 aromatic rings. The van der Waals surface area contributed by atoms with E-state index in [1.807, 2.05) is 0 Å². The number of hydrogen-bond acceptors (Lipinski definition) is 4. The number of guanidine groups is 2. The van der Waals surface area contributed by atoms with Crippen LogP contribution < -0.4 is 22.9 Å². The second-order valence-electron chi connectivity index (χ2n) is 1.58. The Labute approximate surface area is 68.7 Å². The second kappa shape index (κ2) is 5.65. The fraction of sp³-hybridized carbons (Fsp3) is 0. The van der Waals surface area contributed by atoms with Crippen molar-refractivity contribution in [3.05, 3.63) is 0 Å². The molecule has 0 bridgehead atoms. The molecule has 0 aromatic carbocycles. The quantitative estimate of drug-likeness (QED) is 0.210. The van der Waals surface area contributed by atoms with Crippen molar-refractivity contribution < 1.29 is 0 Å². The fourth-order valence-electron chi connectivity index (χ4n) is 0.260. The van der Waals surface area contributed by atoms with Gasteiger partial charge in [0.1, 0.15) is 0 Å². The lowest BCUT2D eigenvalue weighted by atomic mass is 10.8. The molecule has 0 rings (SSSR count). The molecular formula is C4H10N8. The van der Waals surface area contributed by atoms with Gasteiger partial charge in [-0.2, -0.15) is 10.2 Å². The number of nitrogens with zero attached hydrogens (tertiary/aromatic N) is 4. The monoisotopic (exact) mass is 170 g/mol. The summed E-state index contributed by atoms with van der Waals surface area (Å²) < 4.78 is 0. The average Bonchev–Trinajstić information content (AvgIpc) is 1.95. The molecule has 0 spiro atoms. The van der Waals surface area contributed by atoms with Gasteiger partial charge < -0.3 is 22.9 Å². The molecule has 0 radical (unpaired) electrons. The van der Waals surface area contributed by atoms with Crippen molar-refractivity contribution in [2.45, 2.75) is 0 Å². The SMILES string of the molecule is NC(N)=N/N=C\C=N\N=C(N)N. The summed E-state index contributed by atoms with van der Waals surface area (Å²) in [5.41, 5.74) is 19.8. The maximum Gasteiger partial charge on any atom is 0.211 e. The van der Waals surface area contributed by atoms with Gasteiger partial charge in [-0.3, -0.25) is 0 Å². The predicted octanol–water partition coefficient (Wildman–Crippen LogP) is -2.50. The number of hydrogen-bond donors (Lipinski definition) is 4. The third kappa shape index (κ3) is 7.88. The first-order valence-electron chi connectivity index (χ1n) is 2.85. The first-order chi connectivity index (χ1) is 5.63. The van der Waals surface area contributed by atoms with Gasteiger partial charge in [0, 0.05) is 0 Å². The molecule has 0 aliphatic heterocycles. The second-order valence-corrected chi connectivity index (χ2v) is 1.58. The number of rotatable bonds is 3. The van der Waals surface area contributed by atoms with E-state index in [-0.39, 0.29) is 11.9 Å². The van der Waals surface area contributed by atoms with Crippen LogP contribution in [0.1, 0.15) is 0 Å². The summed E-state index contributed by atoms with van der Waals surface area (Å²) in [6.07, 6.45) is 2.46. The van der Waals surface area contributed by atoms with Crippen molar-refractivity contribution in [2.75, 3.05) is 0 Å². The van der Waals surface area contributed by atoms with Gasteiger partial charge in [0.15, 0.2) is 0 Å². The van der Waals surface area contributed by atoms with Gasteiger partial charge in [-0.05, 0) is 0 Å². The van der Waals surface area contributed by atoms with Crippen LogP contribution in [0, 0.1) is 0 Å². The van der Waals surface area contributed by atoms with E-state index in [0.29, 0.717) is 0 Å². The van der Waals surface area contributed by atoms with Crippen LogP contribution in [0.3, 0.4) is 0 Å². The van der Waals surface area contributed by atoms with E-state index in [1.165, 1.54) is 12.4 Å². The van der Waals surface area contributed by atoms with E-state index >= 15 is 0 Å². The Balaban J connectivity index is 3.83. The standard InChI is InChI=1S/C4H10N8/c5-3(6)11-9-1-2-10-12-4(7)8/h1-2H,(H4,5,6,11)(H4,7,8,12)/b9-1-,10-2+. The molecule has 8 N–H and O–H groups in total. The summed E-state index contributed by atoms with van der Waals surface area (Å²) in [6, 6.07) is 0. The third-order valence-corrected chi connectivity index (χ3v) is 0.546. The van der Waals surface area contributed by atoms with Crippen molar-refractivity contribution >= 4 is 24.3 Å². The topological polar surface area (TPSA) is 154 Å². The Morgan fingerprint density at radius 2 is 1.08 bits per heavy atom. The first kappa shape index (κ1) is 9.88. The summed E-state index contributed by atoms with van der Waals surface area (Å²) in [4.78, 5) is 0. The molecule has 66 valence electrons. The van der Waals surface area contributed by atoms with E-state index in [0.717, 1.165) is 0 Å². The van der Waals surface area contributed by atoms with Crippen LogP contribution in [-0.4, -0.2) is 24.3 Å². The molecule has 0 atom stereocenters. The van der Waals surface area contributed by atoms with E-state index in [4.69, 9.17) is 22.9 Å². The van der Waals surface area contributed by atoms with E-state index in [2.05, 4.69) is 20.4 Å². The highest BCUT2D eigenvalue weighted by molar-refractivity contribution is 6.16. The molecule has 0 fully saturated rings. The zero-order valence-electron chi connectivity index (χ0n) is 6.25. The molecular weight excluding hydrogens is 160 g/mol. The largest absolute Gasteiger partial charge is 0.369 e. The molecule has 0 aromatic heterocycles. The van der Waals surface area contributed by atoms with Crippen LogP contribution in [0.15, 0.2) is 20.4 Å². The zero-order valence-corrected chi connectivity index (χ0v) is 6.25. The van der Waals surface area contributed by atoms with Crippen LogP contribution >= 0.6 is 0 Å². The fourth-order valence-corrected chi connectivity index (χ4v) is 0.260. The highest BCUT2D eigenvalue weighted by Gasteiger charge is 1.72. The maximum atomic E-state index is 4.96. The zero-order chi connectivity index (χ0) is 9.40. The van der Waals surface area contributed by atoms with Crippen molar-refractivity contribution in [1.29, 1.82) is 0 Å². The number of nitrogens with two attached hydrogens (primary N) is 4. The molecule has 12 heavy (non-hydrogen) atoms. The van der Waals surface area contributed by atoms with Crippen molar-refractivity contribution in [2.24, 2.45) is 43.3 Å². The Hall–Kier alpha value is -2.12. The van der Waals surface area contributed by atoms with Gasteiger partial charge in [-0.25, -0.2) is 0 Å². The van der Waals surface area contributed by atoms with Gasteiger partial charge in [-0.15, -0.1) is 10.2 Å². The van der Waals surface area contributed by atoms with Gasteiger partial charge in [0.25, 0.3) is 0 Å². The lowest BCUT2D eigenvalue weighted by Gasteiger charge is -1.81. The lowest BCUT2D eigenvalue weighted by molar-refractivity contribution is 1.21. The van der Waals surface area contributed by atoms with E-state index in [1.54, 1.807) is 0 Å². The third-order valence-electron chi connectivity index (χ3n) is 0.546. The van der Waals surface area contributed by atoms with Crippen molar-refractivity contribution in [1.82, 2.24) is 0 Å². The molecule has 0 saturated heterocycles. The minimum atomic E-state index is -0.138. The Morgan fingerprint density at radius 1 is 0.750 bits per heavy atom. The van der Waals surface area contributed by atoms with Crippen LogP contribution in [0.5, 0.6) is 0 Å². The van der Waals surface area contributed by atoms with Crippen LogP contribution in [-0.2, 0) is 0 Å². The van der Waals surface area contributed by atoms with E-state index in [9.17, 15) is 0 Å². The van der Waals surface area contributed by atoms with Crippen LogP contribution in [0.25, 0.3) is 0 Å². The highest BCUT2D eigenvalue weighted by Crippen LogP contribution is 1.67. The van der Waals surface area contributed by atoms with Crippen molar-refractivity contribution in [3.63, 3.8) is 0 Å². The molecule has 8 nitrogen and oxygen atoms in total. The normalized spacial score (nSPS) is 10.3.